The minimum atomic E-state index is -0.125. The molecule has 0 amide bonds. The number of aliphatic hydroxyl groups is 1. The molecule has 2 aromatic heterocycles. The van der Waals surface area contributed by atoms with E-state index in [-0.39, 0.29) is 12.2 Å². The van der Waals surface area contributed by atoms with E-state index in [2.05, 4.69) is 15.0 Å². The Morgan fingerprint density at radius 3 is 3.16 bits per heavy atom. The summed E-state index contributed by atoms with van der Waals surface area (Å²) in [6.45, 7) is 4.66. The van der Waals surface area contributed by atoms with Gasteiger partial charge in [0.2, 0.25) is 4.96 Å². The summed E-state index contributed by atoms with van der Waals surface area (Å²) in [5.41, 5.74) is 0.598. The largest absolute Gasteiger partial charge is 0.396 e. The number of aryl methyl sites for hydroxylation is 1. The van der Waals surface area contributed by atoms with Crippen LogP contribution < -0.4 is 5.56 Å². The Bertz CT molecular complexity index is 651. The monoisotopic (exact) mass is 280 g/mol. The molecular weight excluding hydrogens is 264 g/mol. The minimum Gasteiger partial charge on any atom is -0.396 e. The number of nitrogens with zero attached hydrogens (tertiary/aromatic N) is 4. The first-order chi connectivity index (χ1) is 9.15. The zero-order valence-electron chi connectivity index (χ0n) is 10.7. The third-order valence-corrected chi connectivity index (χ3v) is 4.30. The predicted molar refractivity (Wildman–Crippen MR) is 72.3 cm³/mol. The molecule has 1 aliphatic heterocycles. The van der Waals surface area contributed by atoms with Crippen molar-refractivity contribution in [2.24, 2.45) is 5.92 Å². The van der Waals surface area contributed by atoms with Crippen molar-refractivity contribution in [2.45, 2.75) is 19.9 Å². The summed E-state index contributed by atoms with van der Waals surface area (Å²) < 4.78 is 1.37. The number of rotatable bonds is 3. The van der Waals surface area contributed by atoms with Crippen molar-refractivity contribution in [2.75, 3.05) is 19.7 Å². The zero-order chi connectivity index (χ0) is 13.4. The van der Waals surface area contributed by atoms with Crippen LogP contribution in [0.15, 0.2) is 10.9 Å². The Morgan fingerprint density at radius 1 is 1.58 bits per heavy atom. The van der Waals surface area contributed by atoms with Crippen molar-refractivity contribution in [3.05, 3.63) is 27.1 Å². The Hall–Kier alpha value is -1.31. The molecule has 0 radical (unpaired) electrons. The van der Waals surface area contributed by atoms with E-state index in [9.17, 15) is 4.79 Å². The van der Waals surface area contributed by atoms with Crippen LogP contribution in [-0.4, -0.2) is 44.3 Å². The molecule has 1 atom stereocenters. The number of hydrogen-bond acceptors (Lipinski definition) is 6. The molecule has 1 fully saturated rings. The summed E-state index contributed by atoms with van der Waals surface area (Å²) in [7, 11) is 0. The molecule has 3 rings (SSSR count). The van der Waals surface area contributed by atoms with Gasteiger partial charge in [0.25, 0.3) is 5.56 Å². The zero-order valence-corrected chi connectivity index (χ0v) is 11.6. The molecule has 1 N–H and O–H groups in total. The Morgan fingerprint density at radius 2 is 2.42 bits per heavy atom. The molecule has 7 heteroatoms. The highest BCUT2D eigenvalue weighted by molar-refractivity contribution is 7.16. The van der Waals surface area contributed by atoms with Crippen molar-refractivity contribution in [3.8, 4) is 0 Å². The summed E-state index contributed by atoms with van der Waals surface area (Å²) in [4.78, 5) is 19.0. The number of hydrogen-bond donors (Lipinski definition) is 1. The molecule has 3 heterocycles. The molecule has 0 saturated carbocycles. The molecule has 0 bridgehead atoms. The maximum absolute atomic E-state index is 11.8. The van der Waals surface area contributed by atoms with Crippen LogP contribution in [0.2, 0.25) is 0 Å². The van der Waals surface area contributed by atoms with E-state index in [4.69, 9.17) is 5.11 Å². The molecule has 1 aliphatic rings. The summed E-state index contributed by atoms with van der Waals surface area (Å²) in [5.74, 6) is 0.373. The highest BCUT2D eigenvalue weighted by Gasteiger charge is 2.22. The molecule has 2 aromatic rings. The van der Waals surface area contributed by atoms with Gasteiger partial charge in [-0.3, -0.25) is 9.69 Å². The summed E-state index contributed by atoms with van der Waals surface area (Å²) in [6.07, 6.45) is 1.03. The molecule has 0 aromatic carbocycles. The number of fused-ring (bicyclic) bond motifs is 1. The van der Waals surface area contributed by atoms with Gasteiger partial charge >= 0.3 is 0 Å². The van der Waals surface area contributed by atoms with Gasteiger partial charge < -0.3 is 5.11 Å². The van der Waals surface area contributed by atoms with Crippen LogP contribution >= 0.6 is 11.3 Å². The lowest BCUT2D eigenvalue weighted by atomic mass is 10.1. The smallest absolute Gasteiger partial charge is 0.275 e. The fourth-order valence-electron chi connectivity index (χ4n) is 2.42. The Balaban J connectivity index is 1.82. The average Bonchev–Trinajstić information content (AvgIpc) is 2.96. The van der Waals surface area contributed by atoms with Gasteiger partial charge in [0.1, 0.15) is 5.01 Å². The van der Waals surface area contributed by atoms with Crippen LogP contribution in [0.3, 0.4) is 0 Å². The maximum Gasteiger partial charge on any atom is 0.275 e. The first-order valence-electron chi connectivity index (χ1n) is 6.35. The van der Waals surface area contributed by atoms with E-state index in [1.54, 1.807) is 0 Å². The minimum absolute atomic E-state index is 0.125. The lowest BCUT2D eigenvalue weighted by Gasteiger charge is -2.12. The topological polar surface area (TPSA) is 70.7 Å². The van der Waals surface area contributed by atoms with Crippen LogP contribution in [0.1, 0.15) is 17.1 Å². The second kappa shape index (κ2) is 4.99. The van der Waals surface area contributed by atoms with Crippen LogP contribution in [0.4, 0.5) is 0 Å². The molecule has 19 heavy (non-hydrogen) atoms. The Kier molecular flexibility index (Phi) is 3.34. The SMILES string of the molecule is Cc1cc(=O)n2nc(CN3CCC(CO)C3)sc2n1. The lowest BCUT2D eigenvalue weighted by molar-refractivity contribution is 0.220. The van der Waals surface area contributed by atoms with E-state index < -0.39 is 0 Å². The van der Waals surface area contributed by atoms with Crippen molar-refractivity contribution in [1.82, 2.24) is 19.5 Å². The van der Waals surface area contributed by atoms with E-state index >= 15 is 0 Å². The van der Waals surface area contributed by atoms with Gasteiger partial charge in [0, 0.05) is 24.9 Å². The van der Waals surface area contributed by atoms with Gasteiger partial charge in [0.05, 0.1) is 6.54 Å². The van der Waals surface area contributed by atoms with Crippen LogP contribution in [0.25, 0.3) is 4.96 Å². The van der Waals surface area contributed by atoms with Crippen molar-refractivity contribution in [3.63, 3.8) is 0 Å². The van der Waals surface area contributed by atoms with Crippen molar-refractivity contribution in [1.29, 1.82) is 0 Å². The van der Waals surface area contributed by atoms with E-state index in [1.807, 2.05) is 6.92 Å². The molecular formula is C12H16N4O2S. The van der Waals surface area contributed by atoms with Gasteiger partial charge in [0.15, 0.2) is 0 Å². The molecule has 102 valence electrons. The highest BCUT2D eigenvalue weighted by Crippen LogP contribution is 2.20. The van der Waals surface area contributed by atoms with Gasteiger partial charge in [-0.05, 0) is 25.8 Å². The molecule has 1 saturated heterocycles. The fraction of sp³-hybridized carbons (Fsp3) is 0.583. The molecule has 0 aliphatic carbocycles. The van der Waals surface area contributed by atoms with Crippen molar-refractivity contribution >= 4 is 16.3 Å². The number of aliphatic hydroxyl groups excluding tert-OH is 1. The maximum atomic E-state index is 11.8. The van der Waals surface area contributed by atoms with E-state index in [0.29, 0.717) is 10.9 Å². The third kappa shape index (κ3) is 2.54. The molecule has 1 unspecified atom stereocenters. The summed E-state index contributed by atoms with van der Waals surface area (Å²) >= 11 is 1.46. The highest BCUT2D eigenvalue weighted by atomic mass is 32.1. The van der Waals surface area contributed by atoms with E-state index in [1.165, 1.54) is 21.9 Å². The van der Waals surface area contributed by atoms with Crippen molar-refractivity contribution < 1.29 is 5.11 Å². The average molecular weight is 280 g/mol. The first-order valence-corrected chi connectivity index (χ1v) is 7.17. The predicted octanol–water partition coefficient (Wildman–Crippen LogP) is 0.274. The van der Waals surface area contributed by atoms with E-state index in [0.717, 1.165) is 36.8 Å². The van der Waals surface area contributed by atoms with Gasteiger partial charge in [-0.1, -0.05) is 11.3 Å². The van der Waals surface area contributed by atoms with Gasteiger partial charge in [-0.25, -0.2) is 4.98 Å². The van der Waals surface area contributed by atoms with Gasteiger partial charge in [-0.15, -0.1) is 0 Å². The normalized spacial score (nSPS) is 20.4. The summed E-state index contributed by atoms with van der Waals surface area (Å²) in [6, 6.07) is 1.49. The lowest BCUT2D eigenvalue weighted by Crippen LogP contribution is -2.21. The van der Waals surface area contributed by atoms with Crippen LogP contribution in [0.5, 0.6) is 0 Å². The molecule has 6 nitrogen and oxygen atoms in total. The Labute approximate surface area is 114 Å². The summed E-state index contributed by atoms with van der Waals surface area (Å²) in [5, 5.41) is 14.4. The number of aromatic nitrogens is 3. The number of likely N-dealkylation sites (tertiary alicyclic amines) is 1. The standard InChI is InChI=1S/C12H16N4O2S/c1-8-4-11(18)16-12(13-8)19-10(14-16)6-15-3-2-9(5-15)7-17/h4,9,17H,2-3,5-7H2,1H3. The molecule has 0 spiro atoms. The van der Waals surface area contributed by atoms with Crippen LogP contribution in [0, 0.1) is 12.8 Å². The van der Waals surface area contributed by atoms with Crippen LogP contribution in [-0.2, 0) is 6.54 Å². The quantitative estimate of drug-likeness (QED) is 0.874. The second-order valence-corrected chi connectivity index (χ2v) is 6.04. The first kappa shape index (κ1) is 12.7. The third-order valence-electron chi connectivity index (χ3n) is 3.40. The van der Waals surface area contributed by atoms with Gasteiger partial charge in [-0.2, -0.15) is 9.61 Å². The second-order valence-electron chi connectivity index (χ2n) is 5.00. The fourth-order valence-corrected chi connectivity index (χ4v) is 3.41.